The number of hydrogen-bond donors (Lipinski definition) is 3. The Morgan fingerprint density at radius 3 is 2.70 bits per heavy atom. The van der Waals surface area contributed by atoms with Crippen molar-refractivity contribution in [1.82, 2.24) is 10.6 Å². The first kappa shape index (κ1) is 19.0. The molecule has 0 saturated carbocycles. The SMILES string of the molecule is CCNC(=NCCO)NCCc1cc(F)ccc1F.I. The van der Waals surface area contributed by atoms with E-state index in [4.69, 9.17) is 5.11 Å². The maximum atomic E-state index is 13.4. The minimum Gasteiger partial charge on any atom is -0.394 e. The van der Waals surface area contributed by atoms with E-state index in [-0.39, 0.29) is 30.6 Å². The van der Waals surface area contributed by atoms with E-state index in [0.29, 0.717) is 37.6 Å². The number of aliphatic hydroxyl groups excluding tert-OH is 1. The van der Waals surface area contributed by atoms with Crippen molar-refractivity contribution in [2.75, 3.05) is 26.2 Å². The predicted molar refractivity (Wildman–Crippen MR) is 86.5 cm³/mol. The summed E-state index contributed by atoms with van der Waals surface area (Å²) >= 11 is 0. The molecule has 0 aromatic heterocycles. The zero-order valence-corrected chi connectivity index (χ0v) is 13.7. The highest BCUT2D eigenvalue weighted by Gasteiger charge is 2.04. The third-order valence-corrected chi connectivity index (χ3v) is 2.41. The van der Waals surface area contributed by atoms with Crippen molar-refractivity contribution in [3.63, 3.8) is 0 Å². The van der Waals surface area contributed by atoms with Crippen molar-refractivity contribution in [3.05, 3.63) is 35.4 Å². The quantitative estimate of drug-likeness (QED) is 0.388. The summed E-state index contributed by atoms with van der Waals surface area (Å²) in [6.45, 7) is 3.30. The van der Waals surface area contributed by atoms with Gasteiger partial charge in [0.2, 0.25) is 0 Å². The van der Waals surface area contributed by atoms with Gasteiger partial charge in [0.15, 0.2) is 5.96 Å². The first-order chi connectivity index (χ1) is 9.17. The highest BCUT2D eigenvalue weighted by molar-refractivity contribution is 14.0. The van der Waals surface area contributed by atoms with E-state index >= 15 is 0 Å². The van der Waals surface area contributed by atoms with Crippen LogP contribution in [0.2, 0.25) is 0 Å². The van der Waals surface area contributed by atoms with Crippen molar-refractivity contribution in [2.45, 2.75) is 13.3 Å². The number of benzene rings is 1. The maximum Gasteiger partial charge on any atom is 0.191 e. The van der Waals surface area contributed by atoms with Gasteiger partial charge >= 0.3 is 0 Å². The normalized spacial score (nSPS) is 10.9. The molecule has 1 rings (SSSR count). The van der Waals surface area contributed by atoms with Gasteiger partial charge in [-0.1, -0.05) is 0 Å². The van der Waals surface area contributed by atoms with E-state index in [1.54, 1.807) is 0 Å². The minimum absolute atomic E-state index is 0. The molecule has 7 heteroatoms. The lowest BCUT2D eigenvalue weighted by Crippen LogP contribution is -2.38. The van der Waals surface area contributed by atoms with E-state index in [9.17, 15) is 8.78 Å². The standard InChI is InChI=1S/C13H19F2N3O.HI/c1-2-16-13(18-7-8-19)17-6-5-10-9-11(14)3-4-12(10)15;/h3-4,9,19H,2,5-8H2,1H3,(H2,16,17,18);1H. The maximum absolute atomic E-state index is 13.4. The molecule has 0 fully saturated rings. The highest BCUT2D eigenvalue weighted by atomic mass is 127. The number of hydrogen-bond acceptors (Lipinski definition) is 2. The average Bonchev–Trinajstić information content (AvgIpc) is 2.40. The van der Waals surface area contributed by atoms with Gasteiger partial charge < -0.3 is 15.7 Å². The van der Waals surface area contributed by atoms with Crippen LogP contribution in [0.1, 0.15) is 12.5 Å². The van der Waals surface area contributed by atoms with Crippen LogP contribution >= 0.6 is 24.0 Å². The molecule has 20 heavy (non-hydrogen) atoms. The number of aliphatic hydroxyl groups is 1. The van der Waals surface area contributed by atoms with Gasteiger partial charge in [0.1, 0.15) is 11.6 Å². The third kappa shape index (κ3) is 6.99. The second-order valence-electron chi connectivity index (χ2n) is 3.90. The van der Waals surface area contributed by atoms with Crippen molar-refractivity contribution < 1.29 is 13.9 Å². The second-order valence-corrected chi connectivity index (χ2v) is 3.90. The fourth-order valence-corrected chi connectivity index (χ4v) is 1.55. The molecule has 0 unspecified atom stereocenters. The van der Waals surface area contributed by atoms with Crippen LogP contribution in [0.4, 0.5) is 8.78 Å². The van der Waals surface area contributed by atoms with E-state index < -0.39 is 11.6 Å². The van der Waals surface area contributed by atoms with E-state index in [0.717, 1.165) is 12.1 Å². The number of guanidine groups is 1. The van der Waals surface area contributed by atoms with Crippen molar-refractivity contribution in [1.29, 1.82) is 0 Å². The number of halogens is 3. The lowest BCUT2D eigenvalue weighted by Gasteiger charge is -2.11. The summed E-state index contributed by atoms with van der Waals surface area (Å²) in [6, 6.07) is 3.41. The summed E-state index contributed by atoms with van der Waals surface area (Å²) in [7, 11) is 0. The zero-order valence-electron chi connectivity index (χ0n) is 11.3. The Labute approximate surface area is 134 Å². The van der Waals surface area contributed by atoms with Crippen LogP contribution in [0.3, 0.4) is 0 Å². The number of nitrogens with one attached hydrogen (secondary N) is 2. The van der Waals surface area contributed by atoms with Gasteiger partial charge in [0.25, 0.3) is 0 Å². The second kappa shape index (κ2) is 10.8. The Hall–Kier alpha value is -0.960. The monoisotopic (exact) mass is 399 g/mol. The Morgan fingerprint density at radius 1 is 1.30 bits per heavy atom. The Morgan fingerprint density at radius 2 is 2.05 bits per heavy atom. The summed E-state index contributed by atoms with van der Waals surface area (Å²) in [5.74, 6) is -0.314. The molecule has 0 atom stereocenters. The first-order valence-electron chi connectivity index (χ1n) is 6.24. The molecule has 0 spiro atoms. The van der Waals surface area contributed by atoms with Crippen LogP contribution < -0.4 is 10.6 Å². The van der Waals surface area contributed by atoms with Crippen molar-refractivity contribution in [3.8, 4) is 0 Å². The molecule has 0 saturated heterocycles. The fourth-order valence-electron chi connectivity index (χ4n) is 1.55. The molecule has 0 aliphatic rings. The topological polar surface area (TPSA) is 56.7 Å². The molecular weight excluding hydrogens is 379 g/mol. The predicted octanol–water partition coefficient (Wildman–Crippen LogP) is 1.67. The zero-order chi connectivity index (χ0) is 14.1. The van der Waals surface area contributed by atoms with Gasteiger partial charge in [-0.3, -0.25) is 4.99 Å². The smallest absolute Gasteiger partial charge is 0.191 e. The molecular formula is C13H20F2IN3O. The first-order valence-corrected chi connectivity index (χ1v) is 6.24. The third-order valence-electron chi connectivity index (χ3n) is 2.41. The van der Waals surface area contributed by atoms with E-state index in [2.05, 4.69) is 15.6 Å². The molecule has 0 heterocycles. The lowest BCUT2D eigenvalue weighted by molar-refractivity contribution is 0.306. The number of aliphatic imine (C=N–C) groups is 1. The molecule has 3 N–H and O–H groups in total. The lowest BCUT2D eigenvalue weighted by atomic mass is 10.1. The molecule has 0 bridgehead atoms. The Kier molecular flexibility index (Phi) is 10.3. The fraction of sp³-hybridized carbons (Fsp3) is 0.462. The summed E-state index contributed by atoms with van der Waals surface area (Å²) in [5.41, 5.74) is 0.325. The number of nitrogens with zero attached hydrogens (tertiary/aromatic N) is 1. The highest BCUT2D eigenvalue weighted by Crippen LogP contribution is 2.09. The largest absolute Gasteiger partial charge is 0.394 e. The molecule has 1 aromatic carbocycles. The van der Waals surface area contributed by atoms with Crippen LogP contribution in [-0.2, 0) is 6.42 Å². The van der Waals surface area contributed by atoms with Crippen LogP contribution in [-0.4, -0.2) is 37.3 Å². The van der Waals surface area contributed by atoms with E-state index in [1.807, 2.05) is 6.92 Å². The van der Waals surface area contributed by atoms with Crippen molar-refractivity contribution >= 4 is 29.9 Å². The summed E-state index contributed by atoms with van der Waals surface area (Å²) in [4.78, 5) is 4.08. The summed E-state index contributed by atoms with van der Waals surface area (Å²) in [5, 5.41) is 14.7. The van der Waals surface area contributed by atoms with Crippen LogP contribution in [0.25, 0.3) is 0 Å². The molecule has 0 aliphatic heterocycles. The number of rotatable bonds is 6. The van der Waals surface area contributed by atoms with Crippen LogP contribution in [0.15, 0.2) is 23.2 Å². The molecule has 0 radical (unpaired) electrons. The van der Waals surface area contributed by atoms with Crippen LogP contribution in [0.5, 0.6) is 0 Å². The Bertz CT molecular complexity index is 430. The van der Waals surface area contributed by atoms with Gasteiger partial charge in [-0.15, -0.1) is 24.0 Å². The average molecular weight is 399 g/mol. The van der Waals surface area contributed by atoms with Gasteiger partial charge in [-0.05, 0) is 37.1 Å². The molecule has 4 nitrogen and oxygen atoms in total. The molecule has 1 aromatic rings. The van der Waals surface area contributed by atoms with Gasteiger partial charge in [0, 0.05) is 13.1 Å². The van der Waals surface area contributed by atoms with E-state index in [1.165, 1.54) is 6.07 Å². The minimum atomic E-state index is -0.447. The molecule has 0 amide bonds. The van der Waals surface area contributed by atoms with Gasteiger partial charge in [-0.2, -0.15) is 0 Å². The summed E-state index contributed by atoms with van der Waals surface area (Å²) in [6.07, 6.45) is 0.354. The van der Waals surface area contributed by atoms with Gasteiger partial charge in [-0.25, -0.2) is 8.78 Å². The van der Waals surface area contributed by atoms with Crippen LogP contribution in [0, 0.1) is 11.6 Å². The van der Waals surface area contributed by atoms with Crippen molar-refractivity contribution in [2.24, 2.45) is 4.99 Å². The molecule has 0 aliphatic carbocycles. The molecule has 114 valence electrons. The van der Waals surface area contributed by atoms with Gasteiger partial charge in [0.05, 0.1) is 13.2 Å². The summed E-state index contributed by atoms with van der Waals surface area (Å²) < 4.78 is 26.3. The Balaban J connectivity index is 0.00000361.